The van der Waals surface area contributed by atoms with Gasteiger partial charge in [-0.3, -0.25) is 0 Å². The number of rotatable bonds is 0. The molecule has 22 heavy (non-hydrogen) atoms. The summed E-state index contributed by atoms with van der Waals surface area (Å²) >= 11 is 0. The largest absolute Gasteiger partial charge is 0.473 e. The fraction of sp³-hybridized carbons (Fsp3) is 0.0476. The van der Waals surface area contributed by atoms with Crippen molar-refractivity contribution in [2.45, 2.75) is 5.60 Å². The van der Waals surface area contributed by atoms with Gasteiger partial charge in [-0.2, -0.15) is 0 Å². The Bertz CT molecular complexity index is 875. The highest BCUT2D eigenvalue weighted by Crippen LogP contribution is 2.52. The molecular weight excluding hydrogens is 268 g/mol. The number of ether oxygens (including phenoxy) is 1. The van der Waals surface area contributed by atoms with E-state index in [1.54, 1.807) is 0 Å². The van der Waals surface area contributed by atoms with Gasteiger partial charge in [0.25, 0.3) is 0 Å². The molecule has 0 radical (unpaired) electrons. The fourth-order valence-corrected chi connectivity index (χ4v) is 3.64. The van der Waals surface area contributed by atoms with Crippen LogP contribution in [-0.4, -0.2) is 0 Å². The molecule has 1 heterocycles. The third-order valence-electron chi connectivity index (χ3n) is 4.63. The van der Waals surface area contributed by atoms with Gasteiger partial charge in [0.1, 0.15) is 5.75 Å². The third kappa shape index (κ3) is 1.38. The first-order valence-electron chi connectivity index (χ1n) is 7.55. The standard InChI is InChI=1S/C21H14O/c1-6-12-20-15(7-1)13-14-21(22-20)18-10-4-2-8-16(18)17-9-3-5-11-19(17)21/h1-14H. The molecule has 5 rings (SSSR count). The Morgan fingerprint density at radius 1 is 0.636 bits per heavy atom. The van der Waals surface area contributed by atoms with Crippen LogP contribution in [0.1, 0.15) is 16.7 Å². The number of hydrogen-bond donors (Lipinski definition) is 0. The van der Waals surface area contributed by atoms with Crippen molar-refractivity contribution in [3.8, 4) is 16.9 Å². The summed E-state index contributed by atoms with van der Waals surface area (Å²) in [6, 6.07) is 25.3. The zero-order valence-electron chi connectivity index (χ0n) is 12.0. The zero-order chi connectivity index (χ0) is 14.6. The van der Waals surface area contributed by atoms with Gasteiger partial charge in [-0.05, 0) is 23.3 Å². The molecule has 0 saturated heterocycles. The van der Waals surface area contributed by atoms with E-state index in [0.717, 1.165) is 11.3 Å². The Kier molecular flexibility index (Phi) is 2.21. The number of benzene rings is 3. The van der Waals surface area contributed by atoms with Gasteiger partial charge in [0.05, 0.1) is 0 Å². The Hall–Kier alpha value is -2.80. The Balaban J connectivity index is 1.83. The molecule has 3 aromatic rings. The zero-order valence-corrected chi connectivity index (χ0v) is 12.0. The van der Waals surface area contributed by atoms with Gasteiger partial charge < -0.3 is 4.74 Å². The Labute approximate surface area is 129 Å². The molecule has 0 atom stereocenters. The van der Waals surface area contributed by atoms with Crippen molar-refractivity contribution in [1.29, 1.82) is 0 Å². The normalized spacial score (nSPS) is 15.8. The Morgan fingerprint density at radius 2 is 1.23 bits per heavy atom. The van der Waals surface area contributed by atoms with Crippen LogP contribution < -0.4 is 4.74 Å². The average molecular weight is 282 g/mol. The van der Waals surface area contributed by atoms with Crippen LogP contribution in [0, 0.1) is 0 Å². The molecule has 0 aromatic heterocycles. The summed E-state index contributed by atoms with van der Waals surface area (Å²) in [5.74, 6) is 0.941. The van der Waals surface area contributed by atoms with Gasteiger partial charge in [0, 0.05) is 16.7 Å². The summed E-state index contributed by atoms with van der Waals surface area (Å²) in [7, 11) is 0. The third-order valence-corrected chi connectivity index (χ3v) is 4.63. The maximum Gasteiger partial charge on any atom is 0.179 e. The van der Waals surface area contributed by atoms with Gasteiger partial charge >= 0.3 is 0 Å². The van der Waals surface area contributed by atoms with E-state index in [-0.39, 0.29) is 0 Å². The maximum absolute atomic E-state index is 6.55. The highest BCUT2D eigenvalue weighted by atomic mass is 16.5. The van der Waals surface area contributed by atoms with Crippen molar-refractivity contribution >= 4 is 6.08 Å². The summed E-state index contributed by atoms with van der Waals surface area (Å²) in [5, 5.41) is 0. The molecule has 1 spiro atoms. The highest BCUT2D eigenvalue weighted by Gasteiger charge is 2.44. The SMILES string of the molecule is C1=CC2(Oc3ccccc31)c1ccccc1-c1ccccc12. The smallest absolute Gasteiger partial charge is 0.179 e. The van der Waals surface area contributed by atoms with E-state index in [2.05, 4.69) is 66.7 Å². The molecule has 0 bridgehead atoms. The molecule has 2 aliphatic rings. The lowest BCUT2D eigenvalue weighted by molar-refractivity contribution is 0.166. The lowest BCUT2D eigenvalue weighted by Gasteiger charge is -2.33. The summed E-state index contributed by atoms with van der Waals surface area (Å²) in [6.45, 7) is 0. The van der Waals surface area contributed by atoms with Gasteiger partial charge in [0.15, 0.2) is 5.60 Å². The van der Waals surface area contributed by atoms with E-state index in [9.17, 15) is 0 Å². The lowest BCUT2D eigenvalue weighted by Crippen LogP contribution is -2.31. The predicted octanol–water partition coefficient (Wildman–Crippen LogP) is 5.02. The molecule has 0 amide bonds. The second kappa shape index (κ2) is 4.11. The molecule has 1 aliphatic carbocycles. The van der Waals surface area contributed by atoms with Crippen LogP contribution >= 0.6 is 0 Å². The number of hydrogen-bond acceptors (Lipinski definition) is 1. The van der Waals surface area contributed by atoms with Gasteiger partial charge in [-0.25, -0.2) is 0 Å². The molecule has 1 nitrogen and oxygen atoms in total. The average Bonchev–Trinajstić information content (AvgIpc) is 2.86. The van der Waals surface area contributed by atoms with Crippen LogP contribution in [0.5, 0.6) is 5.75 Å². The van der Waals surface area contributed by atoms with E-state index in [1.807, 2.05) is 18.2 Å². The van der Waals surface area contributed by atoms with Gasteiger partial charge in [0.2, 0.25) is 0 Å². The molecule has 1 heteroatoms. The molecule has 3 aromatic carbocycles. The minimum atomic E-state index is -0.498. The first kappa shape index (κ1) is 11.8. The van der Waals surface area contributed by atoms with Crippen molar-refractivity contribution in [3.05, 3.63) is 95.6 Å². The molecule has 0 N–H and O–H groups in total. The number of fused-ring (bicyclic) bond motifs is 6. The summed E-state index contributed by atoms with van der Waals surface area (Å²) in [6.07, 6.45) is 4.37. The van der Waals surface area contributed by atoms with E-state index in [0.29, 0.717) is 0 Å². The molecule has 0 unspecified atom stereocenters. The van der Waals surface area contributed by atoms with Crippen LogP contribution in [0.3, 0.4) is 0 Å². The molecule has 0 saturated carbocycles. The molecular formula is C21H14O. The molecule has 0 fully saturated rings. The van der Waals surface area contributed by atoms with Crippen LogP contribution in [0.25, 0.3) is 17.2 Å². The first-order chi connectivity index (χ1) is 10.9. The highest BCUT2D eigenvalue weighted by molar-refractivity contribution is 5.83. The minimum Gasteiger partial charge on any atom is -0.473 e. The summed E-state index contributed by atoms with van der Waals surface area (Å²) in [5.41, 5.74) is 5.62. The first-order valence-corrected chi connectivity index (χ1v) is 7.55. The summed E-state index contributed by atoms with van der Waals surface area (Å²) < 4.78 is 6.55. The van der Waals surface area contributed by atoms with Crippen molar-refractivity contribution in [2.75, 3.05) is 0 Å². The quantitative estimate of drug-likeness (QED) is 0.563. The van der Waals surface area contributed by atoms with E-state index < -0.39 is 5.60 Å². The predicted molar refractivity (Wildman–Crippen MR) is 88.8 cm³/mol. The van der Waals surface area contributed by atoms with Crippen molar-refractivity contribution in [3.63, 3.8) is 0 Å². The lowest BCUT2D eigenvalue weighted by atomic mass is 9.88. The molecule has 104 valence electrons. The van der Waals surface area contributed by atoms with Crippen LogP contribution in [-0.2, 0) is 5.60 Å². The minimum absolute atomic E-state index is 0.498. The second-order valence-corrected chi connectivity index (χ2v) is 5.80. The number of para-hydroxylation sites is 1. The van der Waals surface area contributed by atoms with Crippen LogP contribution in [0.4, 0.5) is 0 Å². The topological polar surface area (TPSA) is 9.23 Å². The van der Waals surface area contributed by atoms with Crippen LogP contribution in [0.15, 0.2) is 78.9 Å². The van der Waals surface area contributed by atoms with Crippen molar-refractivity contribution < 1.29 is 4.74 Å². The van der Waals surface area contributed by atoms with E-state index in [4.69, 9.17) is 4.74 Å². The molecule has 1 aliphatic heterocycles. The van der Waals surface area contributed by atoms with Crippen LogP contribution in [0.2, 0.25) is 0 Å². The van der Waals surface area contributed by atoms with Crippen molar-refractivity contribution in [2.24, 2.45) is 0 Å². The monoisotopic (exact) mass is 282 g/mol. The van der Waals surface area contributed by atoms with E-state index in [1.165, 1.54) is 22.3 Å². The van der Waals surface area contributed by atoms with Gasteiger partial charge in [-0.15, -0.1) is 0 Å². The maximum atomic E-state index is 6.55. The second-order valence-electron chi connectivity index (χ2n) is 5.80. The Morgan fingerprint density at radius 3 is 1.95 bits per heavy atom. The summed E-state index contributed by atoms with van der Waals surface area (Å²) in [4.78, 5) is 0. The van der Waals surface area contributed by atoms with Gasteiger partial charge in [-0.1, -0.05) is 72.8 Å². The van der Waals surface area contributed by atoms with E-state index >= 15 is 0 Å². The fourth-order valence-electron chi connectivity index (χ4n) is 3.64. The van der Waals surface area contributed by atoms with Crippen molar-refractivity contribution in [1.82, 2.24) is 0 Å².